The van der Waals surface area contributed by atoms with E-state index in [2.05, 4.69) is 22.6 Å². The van der Waals surface area contributed by atoms with Gasteiger partial charge in [-0.05, 0) is 63.0 Å². The van der Waals surface area contributed by atoms with Crippen molar-refractivity contribution < 1.29 is 4.79 Å². The largest absolute Gasteiger partial charge is 0.338 e. The van der Waals surface area contributed by atoms with E-state index in [9.17, 15) is 4.79 Å². The Kier molecular flexibility index (Phi) is 6.02. The standard InChI is InChI=1S/C16H26N4O/c1-20-10-7-13(8-11-20)6-9-18-16(21)19-15-4-2-14(12-17)3-5-15/h2-5,13H,6-12,17H2,1H3,(H2,18,19,21). The number of rotatable bonds is 5. The SMILES string of the molecule is CN1CCC(CCNC(=O)Nc2ccc(CN)cc2)CC1. The molecule has 116 valence electrons. The zero-order valence-corrected chi connectivity index (χ0v) is 12.8. The first-order valence-corrected chi connectivity index (χ1v) is 7.70. The Morgan fingerprint density at radius 3 is 2.57 bits per heavy atom. The molecule has 1 saturated heterocycles. The molecule has 0 atom stereocenters. The number of hydrogen-bond acceptors (Lipinski definition) is 3. The molecule has 0 bridgehead atoms. The smallest absolute Gasteiger partial charge is 0.319 e. The third-order valence-electron chi connectivity index (χ3n) is 4.12. The summed E-state index contributed by atoms with van der Waals surface area (Å²) < 4.78 is 0. The zero-order valence-electron chi connectivity index (χ0n) is 12.8. The maximum Gasteiger partial charge on any atom is 0.319 e. The van der Waals surface area contributed by atoms with Crippen LogP contribution in [0.25, 0.3) is 0 Å². The summed E-state index contributed by atoms with van der Waals surface area (Å²) in [6, 6.07) is 7.46. The van der Waals surface area contributed by atoms with Crippen LogP contribution in [0.15, 0.2) is 24.3 Å². The number of nitrogens with two attached hydrogens (primary N) is 1. The van der Waals surface area contributed by atoms with Crippen LogP contribution in [0.5, 0.6) is 0 Å². The number of nitrogens with one attached hydrogen (secondary N) is 2. The summed E-state index contributed by atoms with van der Waals surface area (Å²) in [6.45, 7) is 3.60. The van der Waals surface area contributed by atoms with Crippen LogP contribution >= 0.6 is 0 Å². The van der Waals surface area contributed by atoms with Gasteiger partial charge in [-0.2, -0.15) is 0 Å². The first-order valence-electron chi connectivity index (χ1n) is 7.70. The predicted molar refractivity (Wildman–Crippen MR) is 86.2 cm³/mol. The molecule has 2 rings (SSSR count). The Labute approximate surface area is 126 Å². The lowest BCUT2D eigenvalue weighted by Crippen LogP contribution is -2.34. The van der Waals surface area contributed by atoms with Crippen molar-refractivity contribution in [3.63, 3.8) is 0 Å². The van der Waals surface area contributed by atoms with E-state index in [1.54, 1.807) is 0 Å². The summed E-state index contributed by atoms with van der Waals surface area (Å²) in [7, 11) is 2.16. The van der Waals surface area contributed by atoms with Crippen LogP contribution in [0, 0.1) is 5.92 Å². The van der Waals surface area contributed by atoms with Gasteiger partial charge in [0.05, 0.1) is 0 Å². The summed E-state index contributed by atoms with van der Waals surface area (Å²) in [5, 5.41) is 5.77. The maximum atomic E-state index is 11.8. The molecule has 0 radical (unpaired) electrons. The Hall–Kier alpha value is -1.59. The van der Waals surface area contributed by atoms with Gasteiger partial charge in [-0.25, -0.2) is 4.79 Å². The predicted octanol–water partition coefficient (Wildman–Crippen LogP) is 2.00. The summed E-state index contributed by atoms with van der Waals surface area (Å²) in [5.74, 6) is 0.741. The Balaban J connectivity index is 1.65. The number of carbonyl (C=O) groups is 1. The van der Waals surface area contributed by atoms with E-state index >= 15 is 0 Å². The summed E-state index contributed by atoms with van der Waals surface area (Å²) in [6.07, 6.45) is 3.54. The van der Waals surface area contributed by atoms with Gasteiger partial charge in [0.15, 0.2) is 0 Å². The number of likely N-dealkylation sites (tertiary alicyclic amines) is 1. The molecule has 1 aromatic rings. The number of piperidine rings is 1. The zero-order chi connectivity index (χ0) is 15.1. The molecule has 0 saturated carbocycles. The van der Waals surface area contributed by atoms with Crippen molar-refractivity contribution in [1.82, 2.24) is 10.2 Å². The van der Waals surface area contributed by atoms with Crippen LogP contribution in [0.2, 0.25) is 0 Å². The second kappa shape index (κ2) is 8.00. The summed E-state index contributed by atoms with van der Waals surface area (Å²) >= 11 is 0. The van der Waals surface area contributed by atoms with E-state index in [0.717, 1.165) is 30.1 Å². The average Bonchev–Trinajstić information content (AvgIpc) is 2.50. The fraction of sp³-hybridized carbons (Fsp3) is 0.562. The lowest BCUT2D eigenvalue weighted by atomic mass is 9.94. The summed E-state index contributed by atoms with van der Waals surface area (Å²) in [4.78, 5) is 14.2. The van der Waals surface area contributed by atoms with Gasteiger partial charge >= 0.3 is 6.03 Å². The van der Waals surface area contributed by atoms with Gasteiger partial charge in [-0.1, -0.05) is 12.1 Å². The number of anilines is 1. The molecule has 4 N–H and O–H groups in total. The molecule has 1 aromatic carbocycles. The Morgan fingerprint density at radius 2 is 1.95 bits per heavy atom. The quantitative estimate of drug-likeness (QED) is 0.777. The fourth-order valence-electron chi connectivity index (χ4n) is 2.64. The second-order valence-corrected chi connectivity index (χ2v) is 5.82. The van der Waals surface area contributed by atoms with E-state index in [4.69, 9.17) is 5.73 Å². The van der Waals surface area contributed by atoms with Crippen molar-refractivity contribution in [3.8, 4) is 0 Å². The Bertz CT molecular complexity index is 438. The molecule has 21 heavy (non-hydrogen) atoms. The highest BCUT2D eigenvalue weighted by atomic mass is 16.2. The third kappa shape index (κ3) is 5.36. The first-order chi connectivity index (χ1) is 10.2. The van der Waals surface area contributed by atoms with Crippen molar-refractivity contribution in [1.29, 1.82) is 0 Å². The normalized spacial score (nSPS) is 16.7. The lowest BCUT2D eigenvalue weighted by Gasteiger charge is -2.28. The molecule has 5 nitrogen and oxygen atoms in total. The van der Waals surface area contributed by atoms with Gasteiger partial charge in [0.25, 0.3) is 0 Å². The van der Waals surface area contributed by atoms with Crippen molar-refractivity contribution in [2.75, 3.05) is 32.0 Å². The minimum absolute atomic E-state index is 0.136. The van der Waals surface area contributed by atoms with E-state index in [1.165, 1.54) is 25.9 Å². The van der Waals surface area contributed by atoms with Crippen LogP contribution in [-0.4, -0.2) is 37.6 Å². The highest BCUT2D eigenvalue weighted by Crippen LogP contribution is 2.18. The number of carbonyl (C=O) groups excluding carboxylic acids is 1. The molecule has 1 aliphatic rings. The monoisotopic (exact) mass is 290 g/mol. The highest BCUT2D eigenvalue weighted by Gasteiger charge is 2.16. The van der Waals surface area contributed by atoms with E-state index in [1.807, 2.05) is 24.3 Å². The van der Waals surface area contributed by atoms with Crippen molar-refractivity contribution in [2.45, 2.75) is 25.8 Å². The third-order valence-corrected chi connectivity index (χ3v) is 4.12. The van der Waals surface area contributed by atoms with Crippen molar-refractivity contribution >= 4 is 11.7 Å². The average molecular weight is 290 g/mol. The topological polar surface area (TPSA) is 70.4 Å². The molecule has 2 amide bonds. The molecule has 1 aliphatic heterocycles. The second-order valence-electron chi connectivity index (χ2n) is 5.82. The van der Waals surface area contributed by atoms with Crippen molar-refractivity contribution in [2.24, 2.45) is 11.7 Å². The Morgan fingerprint density at radius 1 is 1.29 bits per heavy atom. The molecule has 0 aromatic heterocycles. The summed E-state index contributed by atoms with van der Waals surface area (Å²) in [5.41, 5.74) is 7.40. The van der Waals surface area contributed by atoms with Crippen LogP contribution < -0.4 is 16.4 Å². The van der Waals surface area contributed by atoms with E-state index < -0.39 is 0 Å². The molecule has 1 fully saturated rings. The van der Waals surface area contributed by atoms with Gasteiger partial charge in [0.2, 0.25) is 0 Å². The van der Waals surface area contributed by atoms with Gasteiger partial charge < -0.3 is 21.3 Å². The molecule has 1 heterocycles. The maximum absolute atomic E-state index is 11.8. The first kappa shape index (κ1) is 15.8. The molecule has 0 aliphatic carbocycles. The lowest BCUT2D eigenvalue weighted by molar-refractivity contribution is 0.211. The molecule has 0 unspecified atom stereocenters. The minimum atomic E-state index is -0.136. The minimum Gasteiger partial charge on any atom is -0.338 e. The van der Waals surface area contributed by atoms with Gasteiger partial charge in [0.1, 0.15) is 0 Å². The molecule has 0 spiro atoms. The highest BCUT2D eigenvalue weighted by molar-refractivity contribution is 5.89. The molecular weight excluding hydrogens is 264 g/mol. The van der Waals surface area contributed by atoms with Crippen LogP contribution in [0.4, 0.5) is 10.5 Å². The van der Waals surface area contributed by atoms with Gasteiger partial charge in [-0.3, -0.25) is 0 Å². The fourth-order valence-corrected chi connectivity index (χ4v) is 2.64. The van der Waals surface area contributed by atoms with E-state index in [0.29, 0.717) is 6.54 Å². The van der Waals surface area contributed by atoms with Crippen molar-refractivity contribution in [3.05, 3.63) is 29.8 Å². The number of benzene rings is 1. The van der Waals surface area contributed by atoms with Gasteiger partial charge in [-0.15, -0.1) is 0 Å². The van der Waals surface area contributed by atoms with Crippen LogP contribution in [0.3, 0.4) is 0 Å². The number of amides is 2. The van der Waals surface area contributed by atoms with Crippen LogP contribution in [-0.2, 0) is 6.54 Å². The number of hydrogen-bond donors (Lipinski definition) is 3. The van der Waals surface area contributed by atoms with Crippen LogP contribution in [0.1, 0.15) is 24.8 Å². The molecular formula is C16H26N4O. The number of nitrogens with zero attached hydrogens (tertiary/aromatic N) is 1. The number of urea groups is 1. The van der Waals surface area contributed by atoms with E-state index in [-0.39, 0.29) is 6.03 Å². The molecule has 5 heteroatoms. The van der Waals surface area contributed by atoms with Gasteiger partial charge in [0, 0.05) is 18.8 Å².